The molecule has 1 unspecified atom stereocenters. The molecule has 14 heavy (non-hydrogen) atoms. The number of rotatable bonds is 2. The van der Waals surface area contributed by atoms with Gasteiger partial charge in [0.15, 0.2) is 0 Å². The third-order valence-corrected chi connectivity index (χ3v) is 3.16. The molecule has 2 heterocycles. The fourth-order valence-electron chi connectivity index (χ4n) is 2.13. The standard InChI is InChI=1S/C10H13N3O/c14-6-7-3-4-13-9(5-7)11-12-10(13)8-1-2-8/h6-8H,1-5H2. The molecular weight excluding hydrogens is 178 g/mol. The predicted octanol–water partition coefficient (Wildman–Crippen LogP) is 0.917. The monoisotopic (exact) mass is 191 g/mol. The highest BCUT2D eigenvalue weighted by Crippen LogP contribution is 2.40. The van der Waals surface area contributed by atoms with Crippen LogP contribution in [0.4, 0.5) is 0 Å². The van der Waals surface area contributed by atoms with Crippen LogP contribution in [0, 0.1) is 5.92 Å². The van der Waals surface area contributed by atoms with Gasteiger partial charge in [0.25, 0.3) is 0 Å². The van der Waals surface area contributed by atoms with Crippen LogP contribution in [0.25, 0.3) is 0 Å². The Hall–Kier alpha value is -1.19. The lowest BCUT2D eigenvalue weighted by Gasteiger charge is -2.19. The number of carbonyl (C=O) groups is 1. The first-order chi connectivity index (χ1) is 6.88. The van der Waals surface area contributed by atoms with E-state index in [1.165, 1.54) is 12.8 Å². The molecule has 1 aromatic rings. The van der Waals surface area contributed by atoms with Crippen molar-refractivity contribution in [2.45, 2.75) is 38.1 Å². The lowest BCUT2D eigenvalue weighted by Crippen LogP contribution is -2.21. The first kappa shape index (κ1) is 8.15. The summed E-state index contributed by atoms with van der Waals surface area (Å²) in [5, 5.41) is 8.40. The van der Waals surface area contributed by atoms with Crippen LogP contribution in [0.2, 0.25) is 0 Å². The molecule has 0 aromatic carbocycles. The van der Waals surface area contributed by atoms with Gasteiger partial charge in [-0.15, -0.1) is 10.2 Å². The van der Waals surface area contributed by atoms with E-state index in [2.05, 4.69) is 14.8 Å². The first-order valence-corrected chi connectivity index (χ1v) is 5.25. The molecule has 1 aliphatic carbocycles. The fourth-order valence-corrected chi connectivity index (χ4v) is 2.13. The van der Waals surface area contributed by atoms with Crippen LogP contribution >= 0.6 is 0 Å². The molecule has 1 fully saturated rings. The van der Waals surface area contributed by atoms with E-state index in [0.29, 0.717) is 5.92 Å². The Morgan fingerprint density at radius 2 is 2.14 bits per heavy atom. The van der Waals surface area contributed by atoms with Gasteiger partial charge in [0, 0.05) is 24.8 Å². The second-order valence-corrected chi connectivity index (χ2v) is 4.29. The van der Waals surface area contributed by atoms with Crippen molar-refractivity contribution in [2.24, 2.45) is 5.92 Å². The highest BCUT2D eigenvalue weighted by molar-refractivity contribution is 5.54. The van der Waals surface area contributed by atoms with E-state index in [1.807, 2.05) is 0 Å². The second-order valence-electron chi connectivity index (χ2n) is 4.29. The number of carbonyl (C=O) groups excluding carboxylic acids is 1. The zero-order chi connectivity index (χ0) is 9.54. The van der Waals surface area contributed by atoms with Crippen molar-refractivity contribution in [3.8, 4) is 0 Å². The summed E-state index contributed by atoms with van der Waals surface area (Å²) in [4.78, 5) is 10.7. The maximum Gasteiger partial charge on any atom is 0.136 e. The van der Waals surface area contributed by atoms with Crippen molar-refractivity contribution in [1.29, 1.82) is 0 Å². The van der Waals surface area contributed by atoms with Gasteiger partial charge in [-0.05, 0) is 19.3 Å². The van der Waals surface area contributed by atoms with E-state index in [-0.39, 0.29) is 5.92 Å². The Labute approximate surface area is 82.3 Å². The van der Waals surface area contributed by atoms with E-state index in [1.54, 1.807) is 0 Å². The molecule has 0 radical (unpaired) electrons. The van der Waals surface area contributed by atoms with Gasteiger partial charge in [-0.3, -0.25) is 0 Å². The Balaban J connectivity index is 1.92. The molecule has 0 amide bonds. The molecule has 0 N–H and O–H groups in total. The van der Waals surface area contributed by atoms with Gasteiger partial charge in [-0.2, -0.15) is 0 Å². The first-order valence-electron chi connectivity index (χ1n) is 5.25. The molecule has 74 valence electrons. The topological polar surface area (TPSA) is 47.8 Å². The smallest absolute Gasteiger partial charge is 0.136 e. The Morgan fingerprint density at radius 3 is 2.86 bits per heavy atom. The van der Waals surface area contributed by atoms with Crippen LogP contribution in [-0.2, 0) is 17.8 Å². The van der Waals surface area contributed by atoms with Crippen molar-refractivity contribution in [2.75, 3.05) is 0 Å². The zero-order valence-corrected chi connectivity index (χ0v) is 8.02. The SMILES string of the molecule is O=CC1CCn2c(nnc2C2CC2)C1. The molecule has 1 aliphatic heterocycles. The minimum absolute atomic E-state index is 0.166. The Bertz CT molecular complexity index is 367. The summed E-state index contributed by atoms with van der Waals surface area (Å²) < 4.78 is 2.22. The highest BCUT2D eigenvalue weighted by atomic mass is 16.1. The number of fused-ring (bicyclic) bond motifs is 1. The molecule has 1 saturated carbocycles. The number of hydrogen-bond acceptors (Lipinski definition) is 3. The van der Waals surface area contributed by atoms with Gasteiger partial charge in [0.05, 0.1) is 0 Å². The van der Waals surface area contributed by atoms with Crippen LogP contribution in [-0.4, -0.2) is 21.1 Å². The summed E-state index contributed by atoms with van der Waals surface area (Å²) in [6.07, 6.45) is 5.30. The molecular formula is C10H13N3O. The molecule has 2 aliphatic rings. The second kappa shape index (κ2) is 2.90. The van der Waals surface area contributed by atoms with Gasteiger partial charge in [-0.1, -0.05) is 0 Å². The quantitative estimate of drug-likeness (QED) is 0.653. The summed E-state index contributed by atoms with van der Waals surface area (Å²) in [6, 6.07) is 0. The minimum Gasteiger partial charge on any atom is -0.315 e. The molecule has 0 bridgehead atoms. The summed E-state index contributed by atoms with van der Waals surface area (Å²) in [6.45, 7) is 0.928. The van der Waals surface area contributed by atoms with Crippen molar-refractivity contribution in [3.05, 3.63) is 11.6 Å². The van der Waals surface area contributed by atoms with Crippen LogP contribution < -0.4 is 0 Å². The molecule has 3 rings (SSSR count). The normalized spacial score (nSPS) is 25.9. The number of aldehydes is 1. The van der Waals surface area contributed by atoms with E-state index < -0.39 is 0 Å². The van der Waals surface area contributed by atoms with Crippen molar-refractivity contribution in [3.63, 3.8) is 0 Å². The molecule has 4 nitrogen and oxygen atoms in total. The van der Waals surface area contributed by atoms with Crippen LogP contribution in [0.15, 0.2) is 0 Å². The summed E-state index contributed by atoms with van der Waals surface area (Å²) in [5.74, 6) is 2.99. The number of nitrogens with zero attached hydrogens (tertiary/aromatic N) is 3. The third-order valence-electron chi connectivity index (χ3n) is 3.16. The van der Waals surface area contributed by atoms with Crippen molar-refractivity contribution < 1.29 is 4.79 Å². The zero-order valence-electron chi connectivity index (χ0n) is 8.02. The predicted molar refractivity (Wildman–Crippen MR) is 49.9 cm³/mol. The van der Waals surface area contributed by atoms with Gasteiger partial charge in [0.1, 0.15) is 17.9 Å². The Kier molecular flexibility index (Phi) is 1.69. The van der Waals surface area contributed by atoms with Gasteiger partial charge in [0.2, 0.25) is 0 Å². The van der Waals surface area contributed by atoms with E-state index in [4.69, 9.17) is 0 Å². The van der Waals surface area contributed by atoms with E-state index in [0.717, 1.165) is 37.3 Å². The molecule has 1 aromatic heterocycles. The summed E-state index contributed by atoms with van der Waals surface area (Å²) in [5.41, 5.74) is 0. The molecule has 1 atom stereocenters. The largest absolute Gasteiger partial charge is 0.315 e. The van der Waals surface area contributed by atoms with Crippen LogP contribution in [0.5, 0.6) is 0 Å². The maximum absolute atomic E-state index is 10.7. The molecule has 0 saturated heterocycles. The van der Waals surface area contributed by atoms with Crippen molar-refractivity contribution in [1.82, 2.24) is 14.8 Å². The van der Waals surface area contributed by atoms with Gasteiger partial charge < -0.3 is 9.36 Å². The molecule has 0 spiro atoms. The average molecular weight is 191 g/mol. The maximum atomic E-state index is 10.7. The number of hydrogen-bond donors (Lipinski definition) is 0. The summed E-state index contributed by atoms with van der Waals surface area (Å²) >= 11 is 0. The van der Waals surface area contributed by atoms with Crippen LogP contribution in [0.1, 0.15) is 36.8 Å². The van der Waals surface area contributed by atoms with Gasteiger partial charge >= 0.3 is 0 Å². The van der Waals surface area contributed by atoms with Gasteiger partial charge in [-0.25, -0.2) is 0 Å². The fraction of sp³-hybridized carbons (Fsp3) is 0.700. The Morgan fingerprint density at radius 1 is 1.29 bits per heavy atom. The third kappa shape index (κ3) is 1.17. The van der Waals surface area contributed by atoms with E-state index in [9.17, 15) is 4.79 Å². The lowest BCUT2D eigenvalue weighted by atomic mass is 9.99. The molecule has 4 heteroatoms. The highest BCUT2D eigenvalue weighted by Gasteiger charge is 2.32. The van der Waals surface area contributed by atoms with Crippen molar-refractivity contribution >= 4 is 6.29 Å². The van der Waals surface area contributed by atoms with E-state index >= 15 is 0 Å². The van der Waals surface area contributed by atoms with Crippen LogP contribution in [0.3, 0.4) is 0 Å². The summed E-state index contributed by atoms with van der Waals surface area (Å²) in [7, 11) is 0. The average Bonchev–Trinajstić information content (AvgIpc) is 2.98. The lowest BCUT2D eigenvalue weighted by molar-refractivity contribution is -0.111. The minimum atomic E-state index is 0.166. The number of aromatic nitrogens is 3.